The van der Waals surface area contributed by atoms with E-state index in [9.17, 15) is 26.7 Å². The monoisotopic (exact) mass is 504 g/mol. The number of methoxy groups -OCH3 is 1. The lowest BCUT2D eigenvalue weighted by atomic mass is 9.81. The van der Waals surface area contributed by atoms with Crippen molar-refractivity contribution in [3.8, 4) is 11.6 Å². The Bertz CT molecular complexity index is 1080. The number of aromatic nitrogens is 1. The molecular weight excluding hydrogens is 483 g/mol. The minimum absolute atomic E-state index is 0.0101. The first kappa shape index (κ1) is 25.1. The predicted molar refractivity (Wildman–Crippen MR) is 108 cm³/mol. The third-order valence-electron chi connectivity index (χ3n) is 5.78. The lowest BCUT2D eigenvalue weighted by Gasteiger charge is -2.41. The van der Waals surface area contributed by atoms with Gasteiger partial charge in [-0.25, -0.2) is 13.8 Å². The Morgan fingerprint density at radius 2 is 2.03 bits per heavy atom. The number of pyridine rings is 1. The van der Waals surface area contributed by atoms with Gasteiger partial charge in [0.2, 0.25) is 0 Å². The van der Waals surface area contributed by atoms with Gasteiger partial charge in [0.15, 0.2) is 17.4 Å². The van der Waals surface area contributed by atoms with Crippen molar-refractivity contribution in [2.45, 2.75) is 24.5 Å². The largest absolute Gasteiger partial charge is 0.522 e. The summed E-state index contributed by atoms with van der Waals surface area (Å²) in [5.74, 6) is -2.59. The molecule has 2 aliphatic rings. The van der Waals surface area contributed by atoms with Crippen LogP contribution in [0.2, 0.25) is 0 Å². The molecule has 8 nitrogen and oxygen atoms in total. The second kappa shape index (κ2) is 9.91. The summed E-state index contributed by atoms with van der Waals surface area (Å²) in [5.41, 5.74) is -1.21. The van der Waals surface area contributed by atoms with Gasteiger partial charge < -0.3 is 23.8 Å². The number of hydrogen-bond acceptors (Lipinski definition) is 7. The molecule has 0 bridgehead atoms. The third kappa shape index (κ3) is 5.16. The van der Waals surface area contributed by atoms with Gasteiger partial charge in [0.1, 0.15) is 30.8 Å². The van der Waals surface area contributed by atoms with E-state index in [1.54, 1.807) is 0 Å². The van der Waals surface area contributed by atoms with E-state index in [-0.39, 0.29) is 49.2 Å². The number of alkyl halides is 3. The number of carbonyl (C=O) groups excluding carboxylic acids is 1. The van der Waals surface area contributed by atoms with Crippen LogP contribution in [0.15, 0.2) is 30.3 Å². The van der Waals surface area contributed by atoms with E-state index in [2.05, 4.69) is 9.72 Å². The molecule has 3 heterocycles. The van der Waals surface area contributed by atoms with Gasteiger partial charge in [-0.15, -0.1) is 13.2 Å². The average molecular weight is 504 g/mol. The summed E-state index contributed by atoms with van der Waals surface area (Å²) in [7, 11) is 1.27. The number of ether oxygens (including phenoxy) is 5. The Morgan fingerprint density at radius 3 is 2.77 bits per heavy atom. The lowest BCUT2D eigenvalue weighted by Crippen LogP contribution is -2.54. The Balaban J connectivity index is 1.45. The van der Waals surface area contributed by atoms with E-state index in [0.29, 0.717) is 0 Å². The minimum atomic E-state index is -4.78. The smallest absolute Gasteiger partial charge is 0.486 e. The Kier molecular flexibility index (Phi) is 7.10. The highest BCUT2D eigenvalue weighted by Crippen LogP contribution is 2.44. The van der Waals surface area contributed by atoms with Crippen molar-refractivity contribution in [3.63, 3.8) is 0 Å². The third-order valence-corrected chi connectivity index (χ3v) is 5.78. The summed E-state index contributed by atoms with van der Waals surface area (Å²) in [6.45, 7) is -1.12. The van der Waals surface area contributed by atoms with Crippen molar-refractivity contribution in [1.82, 2.24) is 9.88 Å². The molecule has 190 valence electrons. The molecule has 1 aromatic carbocycles. The molecule has 1 unspecified atom stereocenters. The Labute approximate surface area is 196 Å². The molecule has 4 rings (SSSR count). The fourth-order valence-electron chi connectivity index (χ4n) is 4.15. The first-order valence-corrected chi connectivity index (χ1v) is 10.5. The summed E-state index contributed by atoms with van der Waals surface area (Å²) in [6.07, 6.45) is -5.36. The van der Waals surface area contributed by atoms with Gasteiger partial charge in [-0.3, -0.25) is 9.53 Å². The number of halogens is 5. The number of hydrogen-bond donors (Lipinski definition) is 0. The van der Waals surface area contributed by atoms with Crippen molar-refractivity contribution in [3.05, 3.63) is 53.2 Å². The highest BCUT2D eigenvalue weighted by molar-refractivity contribution is 5.92. The topological polar surface area (TPSA) is 79.4 Å². The zero-order chi connectivity index (χ0) is 25.2. The van der Waals surface area contributed by atoms with Crippen LogP contribution >= 0.6 is 0 Å². The summed E-state index contributed by atoms with van der Waals surface area (Å²) >= 11 is 0. The normalized spacial score (nSPS) is 22.1. The SMILES string of the molecule is COc1nc(C(=O)N2CC[C@]3(c4cccc(F)c4F)OCOC3C2)ccc1OCCOC(F)(F)F. The molecule has 1 amide bonds. The molecule has 2 aliphatic heterocycles. The molecule has 0 aliphatic carbocycles. The van der Waals surface area contributed by atoms with E-state index in [1.807, 2.05) is 0 Å². The molecule has 0 spiro atoms. The second-order valence-corrected chi connectivity index (χ2v) is 7.76. The number of nitrogens with zero attached hydrogens (tertiary/aromatic N) is 2. The highest BCUT2D eigenvalue weighted by Gasteiger charge is 2.52. The van der Waals surface area contributed by atoms with Gasteiger partial charge in [0.25, 0.3) is 11.8 Å². The summed E-state index contributed by atoms with van der Waals surface area (Å²) in [6, 6.07) is 6.51. The Hall–Kier alpha value is -3.03. The molecule has 2 saturated heterocycles. The van der Waals surface area contributed by atoms with Crippen molar-refractivity contribution < 1.29 is 50.4 Å². The van der Waals surface area contributed by atoms with Crippen LogP contribution in [0, 0.1) is 11.6 Å². The standard InChI is InChI=1S/C22H21F5N2O6/c1-31-19-16(32-9-10-34-22(25,26)27)6-5-15(28-19)20(30)29-8-7-21(17(11-29)33-12-35-21)13-3-2-4-14(23)18(13)24/h2-6,17H,7-12H2,1H3/t17?,21-/m1/s1. The molecule has 35 heavy (non-hydrogen) atoms. The predicted octanol–water partition coefficient (Wildman–Crippen LogP) is 3.40. The lowest BCUT2D eigenvalue weighted by molar-refractivity contribution is -0.325. The maximum Gasteiger partial charge on any atom is 0.522 e. The fraction of sp³-hybridized carbons (Fsp3) is 0.455. The van der Waals surface area contributed by atoms with Crippen LogP contribution in [-0.4, -0.2) is 68.5 Å². The van der Waals surface area contributed by atoms with Crippen LogP contribution in [0.3, 0.4) is 0 Å². The molecule has 2 fully saturated rings. The molecule has 0 N–H and O–H groups in total. The van der Waals surface area contributed by atoms with E-state index < -0.39 is 48.8 Å². The van der Waals surface area contributed by atoms with Crippen LogP contribution in [0.4, 0.5) is 22.0 Å². The number of piperidine rings is 1. The van der Waals surface area contributed by atoms with E-state index in [1.165, 1.54) is 36.3 Å². The number of rotatable bonds is 7. The number of amides is 1. The fourth-order valence-corrected chi connectivity index (χ4v) is 4.15. The number of likely N-dealkylation sites (tertiary alicyclic amines) is 1. The van der Waals surface area contributed by atoms with Crippen molar-refractivity contribution in [2.24, 2.45) is 0 Å². The quantitative estimate of drug-likeness (QED) is 0.423. The summed E-state index contributed by atoms with van der Waals surface area (Å²) in [4.78, 5) is 18.6. The summed E-state index contributed by atoms with van der Waals surface area (Å²) in [5, 5.41) is 0. The highest BCUT2D eigenvalue weighted by atomic mass is 19.4. The second-order valence-electron chi connectivity index (χ2n) is 7.76. The van der Waals surface area contributed by atoms with Crippen molar-refractivity contribution >= 4 is 5.91 Å². The molecule has 0 radical (unpaired) electrons. The van der Waals surface area contributed by atoms with Gasteiger partial charge in [0, 0.05) is 18.5 Å². The van der Waals surface area contributed by atoms with Crippen LogP contribution < -0.4 is 9.47 Å². The van der Waals surface area contributed by atoms with E-state index >= 15 is 0 Å². The van der Waals surface area contributed by atoms with Crippen LogP contribution in [0.5, 0.6) is 11.6 Å². The van der Waals surface area contributed by atoms with E-state index in [4.69, 9.17) is 18.9 Å². The maximum absolute atomic E-state index is 14.5. The van der Waals surface area contributed by atoms with Gasteiger partial charge in [0.05, 0.1) is 20.3 Å². The van der Waals surface area contributed by atoms with Gasteiger partial charge >= 0.3 is 6.36 Å². The zero-order valence-corrected chi connectivity index (χ0v) is 18.4. The maximum atomic E-state index is 14.5. The van der Waals surface area contributed by atoms with Gasteiger partial charge in [-0.05, 0) is 18.2 Å². The van der Waals surface area contributed by atoms with Gasteiger partial charge in [-0.1, -0.05) is 12.1 Å². The molecule has 2 atom stereocenters. The molecule has 1 aromatic heterocycles. The number of fused-ring (bicyclic) bond motifs is 1. The van der Waals surface area contributed by atoms with Crippen LogP contribution in [-0.2, 0) is 19.8 Å². The molecular formula is C22H21F5N2O6. The van der Waals surface area contributed by atoms with E-state index in [0.717, 1.165) is 6.07 Å². The average Bonchev–Trinajstić information content (AvgIpc) is 3.26. The molecule has 13 heteroatoms. The molecule has 0 saturated carbocycles. The number of carbonyl (C=O) groups is 1. The van der Waals surface area contributed by atoms with Crippen molar-refractivity contribution in [1.29, 1.82) is 0 Å². The Morgan fingerprint density at radius 1 is 1.23 bits per heavy atom. The van der Waals surface area contributed by atoms with Gasteiger partial charge in [-0.2, -0.15) is 0 Å². The van der Waals surface area contributed by atoms with Crippen LogP contribution in [0.1, 0.15) is 22.5 Å². The first-order valence-electron chi connectivity index (χ1n) is 10.5. The number of benzene rings is 1. The first-order chi connectivity index (χ1) is 16.6. The van der Waals surface area contributed by atoms with Crippen LogP contribution in [0.25, 0.3) is 0 Å². The van der Waals surface area contributed by atoms with Crippen molar-refractivity contribution in [2.75, 3.05) is 40.2 Å². The minimum Gasteiger partial charge on any atom is -0.486 e. The summed E-state index contributed by atoms with van der Waals surface area (Å²) < 4.78 is 89.9. The zero-order valence-electron chi connectivity index (χ0n) is 18.4. The molecule has 2 aromatic rings.